The molecule has 0 spiro atoms. The van der Waals surface area contributed by atoms with Crippen molar-refractivity contribution in [1.82, 2.24) is 4.90 Å². The number of nitrogens with zero attached hydrogens (tertiary/aromatic N) is 1. The molecule has 6 heteroatoms. The van der Waals surface area contributed by atoms with Crippen molar-refractivity contribution >= 4 is 36.4 Å². The number of para-hydroxylation sites is 1. The Balaban J connectivity index is 0.00000338. The number of carbonyl (C=O) groups excluding carboxylic acids is 1. The minimum Gasteiger partial charge on any atom is -0.330 e. The molecule has 1 aromatic carbocycles. The molecule has 0 atom stereocenters. The Morgan fingerprint density at radius 1 is 1.07 bits per heavy atom. The van der Waals surface area contributed by atoms with Crippen LogP contribution >= 0.6 is 24.8 Å². The van der Waals surface area contributed by atoms with Crippen LogP contribution in [0, 0.1) is 0 Å². The molecule has 0 heterocycles. The maximum Gasteiger partial charge on any atom is 0.224 e. The zero-order valence-corrected chi connectivity index (χ0v) is 18.3. The second kappa shape index (κ2) is 15.2. The Hall–Kier alpha value is -0.810. The first-order valence-corrected chi connectivity index (χ1v) is 9.98. The number of hydrogen-bond donors (Lipinski definition) is 2. The Morgan fingerprint density at radius 2 is 1.74 bits per heavy atom. The molecule has 0 aliphatic heterocycles. The fraction of sp³-hybridized carbons (Fsp3) is 0.667. The Labute approximate surface area is 177 Å². The molecule has 1 aliphatic carbocycles. The van der Waals surface area contributed by atoms with Gasteiger partial charge in [0.15, 0.2) is 0 Å². The SMILES string of the molecule is CN(Cc1ccccc1NC(=O)CCCCCCN)C1CCCCC1.Cl.Cl. The molecule has 1 aliphatic rings. The number of nitrogens with one attached hydrogen (secondary N) is 1. The maximum atomic E-state index is 12.2. The van der Waals surface area contributed by atoms with Gasteiger partial charge in [0.1, 0.15) is 0 Å². The summed E-state index contributed by atoms with van der Waals surface area (Å²) in [4.78, 5) is 14.7. The van der Waals surface area contributed by atoms with Gasteiger partial charge >= 0.3 is 0 Å². The van der Waals surface area contributed by atoms with E-state index in [4.69, 9.17) is 5.73 Å². The standard InChI is InChI=1S/C21H35N3O.2ClH/c1-24(19-12-5-4-6-13-19)17-18-11-8-9-14-20(18)23-21(25)15-7-2-3-10-16-22;;/h8-9,11,14,19H,2-7,10,12-13,15-17,22H2,1H3,(H,23,25);2*1H. The number of carbonyl (C=O) groups is 1. The monoisotopic (exact) mass is 417 g/mol. The van der Waals surface area contributed by atoms with E-state index < -0.39 is 0 Å². The van der Waals surface area contributed by atoms with Crippen LogP contribution in [-0.4, -0.2) is 30.4 Å². The van der Waals surface area contributed by atoms with Gasteiger partial charge in [-0.25, -0.2) is 0 Å². The van der Waals surface area contributed by atoms with E-state index in [1.807, 2.05) is 12.1 Å². The number of rotatable bonds is 10. The third-order valence-electron chi connectivity index (χ3n) is 5.27. The lowest BCUT2D eigenvalue weighted by molar-refractivity contribution is -0.116. The highest BCUT2D eigenvalue weighted by Crippen LogP contribution is 2.25. The predicted octanol–water partition coefficient (Wildman–Crippen LogP) is 5.14. The van der Waals surface area contributed by atoms with Gasteiger partial charge < -0.3 is 11.1 Å². The minimum atomic E-state index is 0. The quantitative estimate of drug-likeness (QED) is 0.517. The predicted molar refractivity (Wildman–Crippen MR) is 120 cm³/mol. The van der Waals surface area contributed by atoms with E-state index in [0.717, 1.165) is 44.5 Å². The van der Waals surface area contributed by atoms with Crippen LogP contribution in [-0.2, 0) is 11.3 Å². The van der Waals surface area contributed by atoms with E-state index in [0.29, 0.717) is 12.5 Å². The summed E-state index contributed by atoms with van der Waals surface area (Å²) in [7, 11) is 2.21. The molecule has 0 aromatic heterocycles. The van der Waals surface area contributed by atoms with E-state index in [1.54, 1.807) is 0 Å². The van der Waals surface area contributed by atoms with E-state index in [9.17, 15) is 4.79 Å². The van der Waals surface area contributed by atoms with Gasteiger partial charge in [-0.2, -0.15) is 0 Å². The minimum absolute atomic E-state index is 0. The van der Waals surface area contributed by atoms with E-state index >= 15 is 0 Å². The molecule has 0 saturated heterocycles. The summed E-state index contributed by atoms with van der Waals surface area (Å²) >= 11 is 0. The zero-order valence-electron chi connectivity index (χ0n) is 16.6. The molecule has 1 saturated carbocycles. The van der Waals surface area contributed by atoms with Crippen molar-refractivity contribution in [2.75, 3.05) is 18.9 Å². The fourth-order valence-electron chi connectivity index (χ4n) is 3.70. The molecule has 156 valence electrons. The zero-order chi connectivity index (χ0) is 17.9. The molecule has 1 amide bonds. The lowest BCUT2D eigenvalue weighted by Crippen LogP contribution is -2.33. The number of amides is 1. The molecule has 1 fully saturated rings. The van der Waals surface area contributed by atoms with Crippen LogP contribution in [0.15, 0.2) is 24.3 Å². The Kier molecular flexibility index (Phi) is 14.7. The van der Waals surface area contributed by atoms with Gasteiger partial charge in [0.05, 0.1) is 0 Å². The van der Waals surface area contributed by atoms with Crippen LogP contribution in [0.3, 0.4) is 0 Å². The number of unbranched alkanes of at least 4 members (excludes halogenated alkanes) is 3. The molecule has 0 radical (unpaired) electrons. The normalized spacial score (nSPS) is 14.3. The number of hydrogen-bond acceptors (Lipinski definition) is 3. The summed E-state index contributed by atoms with van der Waals surface area (Å²) in [5, 5.41) is 3.12. The van der Waals surface area contributed by atoms with Crippen molar-refractivity contribution in [2.24, 2.45) is 5.73 Å². The van der Waals surface area contributed by atoms with Gasteiger partial charge in [-0.15, -0.1) is 24.8 Å². The van der Waals surface area contributed by atoms with Crippen molar-refractivity contribution in [3.05, 3.63) is 29.8 Å². The van der Waals surface area contributed by atoms with E-state index in [2.05, 4.69) is 29.4 Å². The van der Waals surface area contributed by atoms with Crippen molar-refractivity contribution in [2.45, 2.75) is 76.8 Å². The van der Waals surface area contributed by atoms with Crippen LogP contribution in [0.25, 0.3) is 0 Å². The van der Waals surface area contributed by atoms with Gasteiger partial charge in [0.25, 0.3) is 0 Å². The molecule has 0 bridgehead atoms. The molecule has 0 unspecified atom stereocenters. The van der Waals surface area contributed by atoms with Crippen molar-refractivity contribution in [3.63, 3.8) is 0 Å². The lowest BCUT2D eigenvalue weighted by Gasteiger charge is -2.31. The van der Waals surface area contributed by atoms with E-state index in [-0.39, 0.29) is 30.7 Å². The molecule has 3 N–H and O–H groups in total. The van der Waals surface area contributed by atoms with Gasteiger partial charge in [-0.05, 0) is 50.9 Å². The van der Waals surface area contributed by atoms with Crippen molar-refractivity contribution in [1.29, 1.82) is 0 Å². The van der Waals surface area contributed by atoms with Crippen LogP contribution in [0.2, 0.25) is 0 Å². The average Bonchev–Trinajstić information content (AvgIpc) is 2.64. The van der Waals surface area contributed by atoms with Crippen molar-refractivity contribution < 1.29 is 4.79 Å². The summed E-state index contributed by atoms with van der Waals surface area (Å²) in [5.41, 5.74) is 7.68. The molecule has 27 heavy (non-hydrogen) atoms. The van der Waals surface area contributed by atoms with E-state index in [1.165, 1.54) is 37.7 Å². The van der Waals surface area contributed by atoms with Gasteiger partial charge in [-0.1, -0.05) is 50.3 Å². The molecule has 1 aromatic rings. The molecular formula is C21H37Cl2N3O. The highest BCUT2D eigenvalue weighted by atomic mass is 35.5. The third-order valence-corrected chi connectivity index (χ3v) is 5.27. The number of anilines is 1. The number of nitrogens with two attached hydrogens (primary N) is 1. The maximum absolute atomic E-state index is 12.2. The van der Waals surface area contributed by atoms with Crippen LogP contribution in [0.4, 0.5) is 5.69 Å². The second-order valence-electron chi connectivity index (χ2n) is 7.37. The fourth-order valence-corrected chi connectivity index (χ4v) is 3.70. The Morgan fingerprint density at radius 3 is 2.44 bits per heavy atom. The highest BCUT2D eigenvalue weighted by Gasteiger charge is 2.19. The second-order valence-corrected chi connectivity index (χ2v) is 7.37. The summed E-state index contributed by atoms with van der Waals surface area (Å²) in [5.74, 6) is 0.125. The highest BCUT2D eigenvalue weighted by molar-refractivity contribution is 5.91. The molecule has 4 nitrogen and oxygen atoms in total. The lowest BCUT2D eigenvalue weighted by atomic mass is 9.94. The Bertz CT molecular complexity index is 522. The van der Waals surface area contributed by atoms with Gasteiger partial charge in [-0.3, -0.25) is 9.69 Å². The largest absolute Gasteiger partial charge is 0.330 e. The first-order chi connectivity index (χ1) is 12.2. The van der Waals surface area contributed by atoms with Crippen molar-refractivity contribution in [3.8, 4) is 0 Å². The smallest absolute Gasteiger partial charge is 0.224 e. The van der Waals surface area contributed by atoms with Gasteiger partial charge in [0, 0.05) is 24.7 Å². The summed E-state index contributed by atoms with van der Waals surface area (Å²) in [6.07, 6.45) is 11.5. The molecule has 2 rings (SSSR count). The molecular weight excluding hydrogens is 381 g/mol. The number of benzene rings is 1. The van der Waals surface area contributed by atoms with Crippen LogP contribution < -0.4 is 11.1 Å². The topological polar surface area (TPSA) is 58.4 Å². The summed E-state index contributed by atoms with van der Waals surface area (Å²) < 4.78 is 0. The van der Waals surface area contributed by atoms with Crippen LogP contribution in [0.1, 0.15) is 69.8 Å². The summed E-state index contributed by atoms with van der Waals surface area (Å²) in [6, 6.07) is 8.90. The first kappa shape index (κ1) is 26.2. The van der Waals surface area contributed by atoms with Gasteiger partial charge in [0.2, 0.25) is 5.91 Å². The first-order valence-electron chi connectivity index (χ1n) is 9.98. The van der Waals surface area contributed by atoms with Crippen LogP contribution in [0.5, 0.6) is 0 Å². The third kappa shape index (κ3) is 9.79. The summed E-state index contributed by atoms with van der Waals surface area (Å²) in [6.45, 7) is 1.64. The average molecular weight is 418 g/mol. The number of halogens is 2.